The van der Waals surface area contributed by atoms with Gasteiger partial charge in [0.2, 0.25) is 0 Å². The Morgan fingerprint density at radius 1 is 1.35 bits per heavy atom. The van der Waals surface area contributed by atoms with Gasteiger partial charge in [-0.1, -0.05) is 25.5 Å². The van der Waals surface area contributed by atoms with Gasteiger partial charge >= 0.3 is 0 Å². The first-order valence-electron chi connectivity index (χ1n) is 6.28. The minimum absolute atomic E-state index is 0.633. The summed E-state index contributed by atoms with van der Waals surface area (Å²) >= 11 is 5.86. The molecule has 0 N–H and O–H groups in total. The maximum absolute atomic E-state index is 5.86. The lowest BCUT2D eigenvalue weighted by Crippen LogP contribution is -2.04. The zero-order valence-electron chi connectivity index (χ0n) is 10.5. The molecule has 1 aromatic carbocycles. The van der Waals surface area contributed by atoms with Gasteiger partial charge in [-0.3, -0.25) is 0 Å². The van der Waals surface area contributed by atoms with E-state index in [4.69, 9.17) is 16.6 Å². The summed E-state index contributed by atoms with van der Waals surface area (Å²) in [5.41, 5.74) is 3.62. The largest absolute Gasteiger partial charge is 0.328 e. The Morgan fingerprint density at radius 2 is 2.18 bits per heavy atom. The van der Waals surface area contributed by atoms with Gasteiger partial charge in [-0.25, -0.2) is 4.98 Å². The molecule has 0 saturated carbocycles. The number of hydrogen-bond donors (Lipinski definition) is 0. The number of para-hydroxylation sites is 1. The third kappa shape index (κ3) is 2.47. The van der Waals surface area contributed by atoms with E-state index in [-0.39, 0.29) is 0 Å². The van der Waals surface area contributed by atoms with Crippen LogP contribution in [0.25, 0.3) is 11.0 Å². The van der Waals surface area contributed by atoms with Crippen LogP contribution in [-0.4, -0.2) is 15.4 Å². The van der Waals surface area contributed by atoms with Crippen molar-refractivity contribution in [1.82, 2.24) is 9.55 Å². The van der Waals surface area contributed by atoms with Crippen LogP contribution in [0.1, 0.15) is 31.2 Å². The summed E-state index contributed by atoms with van der Waals surface area (Å²) in [6.45, 7) is 5.37. The number of halogens is 1. The van der Waals surface area contributed by atoms with Crippen molar-refractivity contribution in [2.45, 2.75) is 39.7 Å². The van der Waals surface area contributed by atoms with Crippen LogP contribution in [0.2, 0.25) is 0 Å². The third-order valence-corrected chi connectivity index (χ3v) is 3.30. The fourth-order valence-electron chi connectivity index (χ4n) is 2.18. The van der Waals surface area contributed by atoms with Crippen LogP contribution in [0.3, 0.4) is 0 Å². The van der Waals surface area contributed by atoms with E-state index in [1.165, 1.54) is 23.9 Å². The van der Waals surface area contributed by atoms with Gasteiger partial charge in [-0.15, -0.1) is 11.6 Å². The lowest BCUT2D eigenvalue weighted by molar-refractivity contribution is 0.620. The van der Waals surface area contributed by atoms with E-state index in [0.717, 1.165) is 24.3 Å². The Kier molecular flexibility index (Phi) is 4.06. The van der Waals surface area contributed by atoms with Crippen molar-refractivity contribution in [2.75, 3.05) is 5.88 Å². The maximum Gasteiger partial charge on any atom is 0.111 e. The normalized spacial score (nSPS) is 11.2. The Bertz CT molecular complexity index is 502. The summed E-state index contributed by atoms with van der Waals surface area (Å²) in [6, 6.07) is 6.37. The van der Waals surface area contributed by atoms with Crippen molar-refractivity contribution in [3.63, 3.8) is 0 Å². The molecular formula is C14H19ClN2. The highest BCUT2D eigenvalue weighted by atomic mass is 35.5. The minimum atomic E-state index is 0.633. The number of aryl methyl sites for hydroxylation is 3. The summed E-state index contributed by atoms with van der Waals surface area (Å²) in [7, 11) is 0. The predicted molar refractivity (Wildman–Crippen MR) is 73.8 cm³/mol. The molecule has 3 heteroatoms. The molecule has 0 aliphatic heterocycles. The first-order chi connectivity index (χ1) is 8.27. The molecule has 0 aliphatic carbocycles. The quantitative estimate of drug-likeness (QED) is 0.736. The maximum atomic E-state index is 5.86. The molecule has 2 rings (SSSR count). The summed E-state index contributed by atoms with van der Waals surface area (Å²) in [5.74, 6) is 1.76. The molecular weight excluding hydrogens is 232 g/mol. The average molecular weight is 251 g/mol. The average Bonchev–Trinajstić information content (AvgIpc) is 2.67. The molecule has 1 aromatic heterocycles. The predicted octanol–water partition coefficient (Wildman–Crippen LogP) is 3.93. The smallest absolute Gasteiger partial charge is 0.111 e. The topological polar surface area (TPSA) is 17.8 Å². The van der Waals surface area contributed by atoms with Gasteiger partial charge in [-0.2, -0.15) is 0 Å². The Labute approximate surface area is 108 Å². The van der Waals surface area contributed by atoms with Crippen LogP contribution < -0.4 is 0 Å². The number of hydrogen-bond acceptors (Lipinski definition) is 1. The third-order valence-electron chi connectivity index (χ3n) is 3.11. The highest BCUT2D eigenvalue weighted by molar-refractivity contribution is 6.17. The van der Waals surface area contributed by atoms with E-state index in [9.17, 15) is 0 Å². The van der Waals surface area contributed by atoms with E-state index in [1.807, 2.05) is 0 Å². The summed E-state index contributed by atoms with van der Waals surface area (Å²) in [5, 5.41) is 0. The van der Waals surface area contributed by atoms with Crippen LogP contribution in [0.5, 0.6) is 0 Å². The zero-order valence-corrected chi connectivity index (χ0v) is 11.3. The van der Waals surface area contributed by atoms with Crippen molar-refractivity contribution in [3.8, 4) is 0 Å². The van der Waals surface area contributed by atoms with Crippen LogP contribution in [0, 0.1) is 6.92 Å². The van der Waals surface area contributed by atoms with Crippen molar-refractivity contribution < 1.29 is 0 Å². The Balaban J connectivity index is 2.50. The second-order valence-corrected chi connectivity index (χ2v) is 4.79. The van der Waals surface area contributed by atoms with Crippen LogP contribution in [0.15, 0.2) is 18.2 Å². The highest BCUT2D eigenvalue weighted by Gasteiger charge is 2.10. The lowest BCUT2D eigenvalue weighted by Gasteiger charge is -2.07. The molecule has 92 valence electrons. The van der Waals surface area contributed by atoms with Gasteiger partial charge in [0, 0.05) is 18.8 Å². The molecule has 0 unspecified atom stereocenters. The fourth-order valence-corrected chi connectivity index (χ4v) is 2.35. The molecule has 0 radical (unpaired) electrons. The first kappa shape index (κ1) is 12.4. The number of imidazole rings is 1. The molecule has 0 saturated heterocycles. The van der Waals surface area contributed by atoms with Crippen LogP contribution >= 0.6 is 11.6 Å². The summed E-state index contributed by atoms with van der Waals surface area (Å²) in [4.78, 5) is 4.73. The first-order valence-corrected chi connectivity index (χ1v) is 6.82. The standard InChI is InChI=1S/C14H19ClN2/c1-3-4-10-17-12-7-5-6-11(2)14(12)16-13(17)8-9-15/h5-7H,3-4,8-10H2,1-2H3. The Morgan fingerprint density at radius 3 is 2.88 bits per heavy atom. The molecule has 0 aliphatic rings. The van der Waals surface area contributed by atoms with Gasteiger partial charge in [0.25, 0.3) is 0 Å². The van der Waals surface area contributed by atoms with Crippen LogP contribution in [0.4, 0.5) is 0 Å². The zero-order chi connectivity index (χ0) is 12.3. The van der Waals surface area contributed by atoms with E-state index in [1.54, 1.807) is 0 Å². The van der Waals surface area contributed by atoms with Crippen molar-refractivity contribution in [2.24, 2.45) is 0 Å². The number of unbranched alkanes of at least 4 members (excludes halogenated alkanes) is 1. The van der Waals surface area contributed by atoms with Crippen LogP contribution in [-0.2, 0) is 13.0 Å². The monoisotopic (exact) mass is 250 g/mol. The number of nitrogens with zero attached hydrogens (tertiary/aromatic N) is 2. The lowest BCUT2D eigenvalue weighted by atomic mass is 10.2. The molecule has 2 nitrogen and oxygen atoms in total. The van der Waals surface area contributed by atoms with E-state index in [2.05, 4.69) is 36.6 Å². The van der Waals surface area contributed by atoms with Gasteiger partial charge < -0.3 is 4.57 Å². The number of alkyl halides is 1. The minimum Gasteiger partial charge on any atom is -0.328 e. The molecule has 0 amide bonds. The fraction of sp³-hybridized carbons (Fsp3) is 0.500. The van der Waals surface area contributed by atoms with Crippen molar-refractivity contribution in [1.29, 1.82) is 0 Å². The van der Waals surface area contributed by atoms with Gasteiger partial charge in [-0.05, 0) is 25.0 Å². The van der Waals surface area contributed by atoms with Gasteiger partial charge in [0.15, 0.2) is 0 Å². The van der Waals surface area contributed by atoms with E-state index in [0.29, 0.717) is 5.88 Å². The number of aromatic nitrogens is 2. The van der Waals surface area contributed by atoms with E-state index < -0.39 is 0 Å². The number of rotatable bonds is 5. The van der Waals surface area contributed by atoms with Crippen molar-refractivity contribution in [3.05, 3.63) is 29.6 Å². The highest BCUT2D eigenvalue weighted by Crippen LogP contribution is 2.20. The van der Waals surface area contributed by atoms with Gasteiger partial charge in [0.1, 0.15) is 5.82 Å². The number of benzene rings is 1. The second-order valence-electron chi connectivity index (χ2n) is 4.41. The van der Waals surface area contributed by atoms with Gasteiger partial charge in [0.05, 0.1) is 11.0 Å². The summed E-state index contributed by atoms with van der Waals surface area (Å²) in [6.07, 6.45) is 3.24. The molecule has 0 atom stereocenters. The molecule has 0 fully saturated rings. The summed E-state index contributed by atoms with van der Waals surface area (Å²) < 4.78 is 2.33. The molecule has 2 aromatic rings. The molecule has 1 heterocycles. The molecule has 0 spiro atoms. The molecule has 0 bridgehead atoms. The van der Waals surface area contributed by atoms with Crippen molar-refractivity contribution >= 4 is 22.6 Å². The molecule has 17 heavy (non-hydrogen) atoms. The van der Waals surface area contributed by atoms with E-state index >= 15 is 0 Å². The Hall–Kier alpha value is -1.02. The SMILES string of the molecule is CCCCn1c(CCCl)nc2c(C)cccc21. The number of fused-ring (bicyclic) bond motifs is 1. The second kappa shape index (κ2) is 5.54.